The molecule has 1 aliphatic rings. The highest BCUT2D eigenvalue weighted by atomic mass is 32.2. The molecule has 5 nitrogen and oxygen atoms in total. The summed E-state index contributed by atoms with van der Waals surface area (Å²) in [6.07, 6.45) is 4.19. The highest BCUT2D eigenvalue weighted by molar-refractivity contribution is 7.93. The van der Waals surface area contributed by atoms with Crippen LogP contribution in [-0.2, 0) is 16.4 Å². The number of sulfonamides is 1. The minimum Gasteiger partial charge on any atom is -0.495 e. The molecular weight excluding hydrogens is 348 g/mol. The fourth-order valence-electron chi connectivity index (χ4n) is 3.30. The van der Waals surface area contributed by atoms with Gasteiger partial charge in [0.15, 0.2) is 0 Å². The Hall–Kier alpha value is -2.86. The Kier molecular flexibility index (Phi) is 4.12. The van der Waals surface area contributed by atoms with Crippen LogP contribution in [0.1, 0.15) is 5.56 Å². The Morgan fingerprint density at radius 1 is 1.00 bits per heavy atom. The van der Waals surface area contributed by atoms with Crippen molar-refractivity contribution in [2.75, 3.05) is 18.0 Å². The van der Waals surface area contributed by atoms with Crippen LogP contribution in [0.3, 0.4) is 0 Å². The summed E-state index contributed by atoms with van der Waals surface area (Å²) in [6.45, 7) is 0.426. The van der Waals surface area contributed by atoms with Crippen LogP contribution in [0.4, 0.5) is 5.69 Å². The summed E-state index contributed by atoms with van der Waals surface area (Å²) in [6, 6.07) is 16.5. The first kappa shape index (κ1) is 16.6. The van der Waals surface area contributed by atoms with Crippen LogP contribution in [0.25, 0.3) is 11.1 Å². The van der Waals surface area contributed by atoms with Gasteiger partial charge in [0.2, 0.25) is 0 Å². The highest BCUT2D eigenvalue weighted by Crippen LogP contribution is 2.37. The minimum atomic E-state index is -3.67. The maximum atomic E-state index is 13.2. The number of benzene rings is 2. The molecule has 0 atom stereocenters. The average Bonchev–Trinajstić information content (AvgIpc) is 3.12. The van der Waals surface area contributed by atoms with E-state index >= 15 is 0 Å². The van der Waals surface area contributed by atoms with Gasteiger partial charge in [-0.2, -0.15) is 0 Å². The molecule has 1 aromatic heterocycles. The van der Waals surface area contributed by atoms with E-state index in [1.54, 1.807) is 36.7 Å². The van der Waals surface area contributed by atoms with Crippen molar-refractivity contribution in [2.24, 2.45) is 0 Å². The lowest BCUT2D eigenvalue weighted by molar-refractivity contribution is 0.402. The molecule has 4 rings (SSSR count). The summed E-state index contributed by atoms with van der Waals surface area (Å²) >= 11 is 0. The third kappa shape index (κ3) is 2.72. The average molecular weight is 366 g/mol. The summed E-state index contributed by atoms with van der Waals surface area (Å²) in [5, 5.41) is 0. The van der Waals surface area contributed by atoms with Crippen molar-refractivity contribution in [2.45, 2.75) is 11.3 Å². The van der Waals surface area contributed by atoms with Gasteiger partial charge in [-0.05, 0) is 59.5 Å². The van der Waals surface area contributed by atoms with Crippen LogP contribution >= 0.6 is 0 Å². The lowest BCUT2D eigenvalue weighted by atomic mass is 10.0. The van der Waals surface area contributed by atoms with Crippen molar-refractivity contribution >= 4 is 15.7 Å². The summed E-state index contributed by atoms with van der Waals surface area (Å²) in [7, 11) is -2.19. The van der Waals surface area contributed by atoms with E-state index in [9.17, 15) is 8.42 Å². The van der Waals surface area contributed by atoms with Crippen molar-refractivity contribution in [1.29, 1.82) is 0 Å². The predicted molar refractivity (Wildman–Crippen MR) is 101 cm³/mol. The first-order chi connectivity index (χ1) is 12.6. The van der Waals surface area contributed by atoms with E-state index in [2.05, 4.69) is 11.1 Å². The van der Waals surface area contributed by atoms with E-state index in [-0.39, 0.29) is 4.90 Å². The van der Waals surface area contributed by atoms with Crippen LogP contribution in [0.5, 0.6) is 5.75 Å². The van der Waals surface area contributed by atoms with Gasteiger partial charge >= 0.3 is 0 Å². The van der Waals surface area contributed by atoms with Gasteiger partial charge < -0.3 is 4.74 Å². The van der Waals surface area contributed by atoms with Crippen LogP contribution in [0, 0.1) is 0 Å². The van der Waals surface area contributed by atoms with Gasteiger partial charge in [-0.15, -0.1) is 0 Å². The topological polar surface area (TPSA) is 59.5 Å². The van der Waals surface area contributed by atoms with Crippen LogP contribution in [-0.4, -0.2) is 27.1 Å². The number of fused-ring (bicyclic) bond motifs is 1. The molecule has 26 heavy (non-hydrogen) atoms. The second-order valence-electron chi connectivity index (χ2n) is 6.06. The second-order valence-corrected chi connectivity index (χ2v) is 7.89. The Labute approximate surface area is 152 Å². The molecule has 6 heteroatoms. The van der Waals surface area contributed by atoms with Gasteiger partial charge in [-0.25, -0.2) is 8.42 Å². The van der Waals surface area contributed by atoms with Gasteiger partial charge in [0.25, 0.3) is 10.0 Å². The predicted octanol–water partition coefficient (Wildman–Crippen LogP) is 3.51. The zero-order chi connectivity index (χ0) is 18.1. The number of pyridine rings is 1. The number of aromatic nitrogens is 1. The van der Waals surface area contributed by atoms with E-state index in [4.69, 9.17) is 4.74 Å². The third-order valence-electron chi connectivity index (χ3n) is 4.58. The van der Waals surface area contributed by atoms with E-state index in [1.165, 1.54) is 11.4 Å². The number of para-hydroxylation sites is 1. The highest BCUT2D eigenvalue weighted by Gasteiger charge is 2.32. The molecule has 0 saturated heterocycles. The Morgan fingerprint density at radius 3 is 2.54 bits per heavy atom. The molecule has 1 aliphatic heterocycles. The Balaban J connectivity index is 1.74. The molecular formula is C20H18N2O3S. The smallest absolute Gasteiger partial charge is 0.268 e. The molecule has 0 bridgehead atoms. The maximum Gasteiger partial charge on any atom is 0.268 e. The van der Waals surface area contributed by atoms with E-state index in [0.717, 1.165) is 22.4 Å². The first-order valence-corrected chi connectivity index (χ1v) is 9.74. The molecule has 0 unspecified atom stereocenters. The number of rotatable bonds is 4. The largest absolute Gasteiger partial charge is 0.495 e. The molecule has 3 aromatic rings. The molecule has 0 radical (unpaired) electrons. The number of hydrogen-bond acceptors (Lipinski definition) is 4. The zero-order valence-corrected chi connectivity index (χ0v) is 15.1. The van der Waals surface area contributed by atoms with Gasteiger partial charge in [-0.1, -0.05) is 18.2 Å². The number of anilines is 1. The second kappa shape index (κ2) is 6.46. The van der Waals surface area contributed by atoms with Crippen molar-refractivity contribution in [3.63, 3.8) is 0 Å². The normalized spacial score (nSPS) is 13.5. The molecule has 132 valence electrons. The van der Waals surface area contributed by atoms with Crippen LogP contribution < -0.4 is 9.04 Å². The van der Waals surface area contributed by atoms with Crippen LogP contribution in [0.15, 0.2) is 71.9 Å². The SMILES string of the molecule is COc1ccccc1S(=O)(=O)N1CCc2cc(-c3ccncc3)ccc21. The third-order valence-corrected chi connectivity index (χ3v) is 6.44. The minimum absolute atomic E-state index is 0.188. The summed E-state index contributed by atoms with van der Waals surface area (Å²) < 4.78 is 33.1. The molecule has 0 aliphatic carbocycles. The van der Waals surface area contributed by atoms with Crippen molar-refractivity contribution in [3.8, 4) is 16.9 Å². The van der Waals surface area contributed by atoms with Gasteiger partial charge in [-0.3, -0.25) is 9.29 Å². The lowest BCUT2D eigenvalue weighted by Crippen LogP contribution is -2.29. The maximum absolute atomic E-state index is 13.2. The van der Waals surface area contributed by atoms with Gasteiger partial charge in [0.1, 0.15) is 10.6 Å². The van der Waals surface area contributed by atoms with Crippen molar-refractivity contribution in [3.05, 3.63) is 72.6 Å². The standard InChI is InChI=1S/C20H18N2O3S/c1-25-19-4-2-3-5-20(19)26(23,24)22-13-10-17-14-16(6-7-18(17)22)15-8-11-21-12-9-15/h2-9,11-12,14H,10,13H2,1H3. The van der Waals surface area contributed by atoms with E-state index in [1.807, 2.05) is 24.3 Å². The molecule has 0 N–H and O–H groups in total. The van der Waals surface area contributed by atoms with Crippen molar-refractivity contribution < 1.29 is 13.2 Å². The lowest BCUT2D eigenvalue weighted by Gasteiger charge is -2.21. The number of ether oxygens (including phenoxy) is 1. The zero-order valence-electron chi connectivity index (χ0n) is 14.3. The first-order valence-electron chi connectivity index (χ1n) is 8.30. The fraction of sp³-hybridized carbons (Fsp3) is 0.150. The molecule has 2 heterocycles. The molecule has 0 saturated carbocycles. The molecule has 0 fully saturated rings. The number of methoxy groups -OCH3 is 1. The molecule has 0 amide bonds. The quantitative estimate of drug-likeness (QED) is 0.709. The summed E-state index contributed by atoms with van der Waals surface area (Å²) in [5.41, 5.74) is 3.88. The van der Waals surface area contributed by atoms with Gasteiger partial charge in [0, 0.05) is 18.9 Å². The monoisotopic (exact) mass is 366 g/mol. The van der Waals surface area contributed by atoms with Crippen molar-refractivity contribution in [1.82, 2.24) is 4.98 Å². The number of nitrogens with zero attached hydrogens (tertiary/aromatic N) is 2. The molecule has 0 spiro atoms. The van der Waals surface area contributed by atoms with E-state index in [0.29, 0.717) is 18.7 Å². The molecule has 2 aromatic carbocycles. The Bertz CT molecular complexity index is 1050. The summed E-state index contributed by atoms with van der Waals surface area (Å²) in [4.78, 5) is 4.23. The Morgan fingerprint density at radius 2 is 1.77 bits per heavy atom. The van der Waals surface area contributed by atoms with Crippen LogP contribution in [0.2, 0.25) is 0 Å². The summed E-state index contributed by atoms with van der Waals surface area (Å²) in [5.74, 6) is 0.356. The van der Waals surface area contributed by atoms with E-state index < -0.39 is 10.0 Å². The number of hydrogen-bond donors (Lipinski definition) is 0. The fourth-order valence-corrected chi connectivity index (χ4v) is 4.96. The van der Waals surface area contributed by atoms with Gasteiger partial charge in [0.05, 0.1) is 12.8 Å².